The van der Waals surface area contributed by atoms with Crippen molar-refractivity contribution in [2.45, 2.75) is 32.6 Å². The number of hydrogen-bond acceptors (Lipinski definition) is 3. The summed E-state index contributed by atoms with van der Waals surface area (Å²) in [7, 11) is 0. The number of carbonyl (C=O) groups excluding carboxylic acids is 1. The van der Waals surface area contributed by atoms with E-state index in [2.05, 4.69) is 12.2 Å². The summed E-state index contributed by atoms with van der Waals surface area (Å²) in [6.45, 7) is 2.66. The van der Waals surface area contributed by atoms with Crippen LogP contribution in [0.25, 0.3) is 0 Å². The lowest BCUT2D eigenvalue weighted by Crippen LogP contribution is -2.19. The number of nitrogens with two attached hydrogens (primary N) is 1. The fourth-order valence-electron chi connectivity index (χ4n) is 1.62. The number of unbranched alkanes of at least 4 members (excludes halogenated alkanes) is 3. The molecule has 0 bridgehead atoms. The van der Waals surface area contributed by atoms with Gasteiger partial charge in [-0.25, -0.2) is 4.39 Å². The van der Waals surface area contributed by atoms with Crippen LogP contribution < -0.4 is 11.1 Å². The Morgan fingerprint density at radius 3 is 2.89 bits per heavy atom. The van der Waals surface area contributed by atoms with Crippen LogP contribution in [0.15, 0.2) is 18.2 Å². The van der Waals surface area contributed by atoms with E-state index in [1.165, 1.54) is 31.0 Å². The molecular weight excluding hydrogens is 247 g/mol. The number of halogens is 1. The molecule has 0 aliphatic heterocycles. The maximum absolute atomic E-state index is 13.0. The predicted octanol–water partition coefficient (Wildman–Crippen LogP) is 2.94. The van der Waals surface area contributed by atoms with Gasteiger partial charge in [0, 0.05) is 6.61 Å². The summed E-state index contributed by atoms with van der Waals surface area (Å²) in [6, 6.07) is 3.85. The Morgan fingerprint density at radius 1 is 1.37 bits per heavy atom. The van der Waals surface area contributed by atoms with Crippen LogP contribution in [-0.2, 0) is 9.53 Å². The van der Waals surface area contributed by atoms with Crippen molar-refractivity contribution >= 4 is 17.3 Å². The summed E-state index contributed by atoms with van der Waals surface area (Å²) in [5.41, 5.74) is 6.23. The molecule has 1 amide bonds. The summed E-state index contributed by atoms with van der Waals surface area (Å²) in [6.07, 6.45) is 4.40. The van der Waals surface area contributed by atoms with Gasteiger partial charge in [-0.2, -0.15) is 0 Å². The van der Waals surface area contributed by atoms with Crippen molar-refractivity contribution < 1.29 is 13.9 Å². The smallest absolute Gasteiger partial charge is 0.250 e. The molecule has 0 aromatic heterocycles. The average molecular weight is 268 g/mol. The number of ether oxygens (including phenoxy) is 1. The van der Waals surface area contributed by atoms with E-state index >= 15 is 0 Å². The Morgan fingerprint density at radius 2 is 2.16 bits per heavy atom. The van der Waals surface area contributed by atoms with Crippen molar-refractivity contribution in [1.82, 2.24) is 0 Å². The van der Waals surface area contributed by atoms with E-state index in [4.69, 9.17) is 10.5 Å². The molecule has 3 N–H and O–H groups in total. The monoisotopic (exact) mass is 268 g/mol. The minimum Gasteiger partial charge on any atom is -0.397 e. The molecule has 1 rings (SSSR count). The highest BCUT2D eigenvalue weighted by atomic mass is 19.1. The molecule has 0 saturated carbocycles. The third-order valence-corrected chi connectivity index (χ3v) is 2.66. The normalized spacial score (nSPS) is 10.4. The molecule has 0 radical (unpaired) electrons. The van der Waals surface area contributed by atoms with Crippen molar-refractivity contribution in [2.24, 2.45) is 0 Å². The molecule has 0 aliphatic rings. The predicted molar refractivity (Wildman–Crippen MR) is 74.4 cm³/mol. The molecule has 0 fully saturated rings. The number of amides is 1. The molecule has 0 unspecified atom stereocenters. The molecule has 0 heterocycles. The van der Waals surface area contributed by atoms with Gasteiger partial charge in [-0.15, -0.1) is 0 Å². The minimum absolute atomic E-state index is 0.0396. The zero-order valence-corrected chi connectivity index (χ0v) is 11.2. The Kier molecular flexibility index (Phi) is 6.89. The second-order valence-corrected chi connectivity index (χ2v) is 4.39. The highest BCUT2D eigenvalue weighted by molar-refractivity contribution is 5.94. The lowest BCUT2D eigenvalue weighted by Gasteiger charge is -2.08. The summed E-state index contributed by atoms with van der Waals surface area (Å²) in [5, 5.41) is 2.52. The second kappa shape index (κ2) is 8.48. The topological polar surface area (TPSA) is 64.3 Å². The molecular formula is C14H21FN2O2. The molecule has 106 valence electrons. The van der Waals surface area contributed by atoms with Crippen LogP contribution in [-0.4, -0.2) is 19.1 Å². The minimum atomic E-state index is -0.440. The van der Waals surface area contributed by atoms with Gasteiger partial charge >= 0.3 is 0 Å². The van der Waals surface area contributed by atoms with Gasteiger partial charge < -0.3 is 15.8 Å². The Labute approximate surface area is 113 Å². The number of hydrogen-bond donors (Lipinski definition) is 2. The van der Waals surface area contributed by atoms with Gasteiger partial charge in [0.25, 0.3) is 0 Å². The number of carbonyl (C=O) groups is 1. The largest absolute Gasteiger partial charge is 0.397 e. The number of benzene rings is 1. The van der Waals surface area contributed by atoms with E-state index in [-0.39, 0.29) is 18.2 Å². The van der Waals surface area contributed by atoms with Crippen molar-refractivity contribution in [2.75, 3.05) is 24.3 Å². The fourth-order valence-corrected chi connectivity index (χ4v) is 1.62. The van der Waals surface area contributed by atoms with Crippen LogP contribution >= 0.6 is 0 Å². The standard InChI is InChI=1S/C14H21FN2O2/c1-2-3-4-5-8-19-10-14(18)17-13-9-11(15)6-7-12(13)16/h6-7,9H,2-5,8,10,16H2,1H3,(H,17,18). The van der Waals surface area contributed by atoms with E-state index in [0.717, 1.165) is 12.8 Å². The van der Waals surface area contributed by atoms with E-state index in [1.807, 2.05) is 0 Å². The summed E-state index contributed by atoms with van der Waals surface area (Å²) in [5.74, 6) is -0.766. The highest BCUT2D eigenvalue weighted by Crippen LogP contribution is 2.18. The van der Waals surface area contributed by atoms with Gasteiger partial charge in [-0.1, -0.05) is 26.2 Å². The van der Waals surface area contributed by atoms with Gasteiger partial charge in [0.1, 0.15) is 12.4 Å². The lowest BCUT2D eigenvalue weighted by molar-refractivity contribution is -0.120. The number of rotatable bonds is 8. The molecule has 19 heavy (non-hydrogen) atoms. The van der Waals surface area contributed by atoms with E-state index in [1.54, 1.807) is 0 Å². The zero-order valence-electron chi connectivity index (χ0n) is 11.2. The van der Waals surface area contributed by atoms with Gasteiger partial charge in [-0.05, 0) is 24.6 Å². The lowest BCUT2D eigenvalue weighted by atomic mass is 10.2. The Hall–Kier alpha value is -1.62. The second-order valence-electron chi connectivity index (χ2n) is 4.39. The molecule has 0 aliphatic carbocycles. The van der Waals surface area contributed by atoms with Crippen LogP contribution in [0.3, 0.4) is 0 Å². The van der Waals surface area contributed by atoms with E-state index in [9.17, 15) is 9.18 Å². The van der Waals surface area contributed by atoms with Crippen molar-refractivity contribution in [3.05, 3.63) is 24.0 Å². The molecule has 5 heteroatoms. The SMILES string of the molecule is CCCCCCOCC(=O)Nc1cc(F)ccc1N. The summed E-state index contributed by atoms with van der Waals surface area (Å²) < 4.78 is 18.2. The van der Waals surface area contributed by atoms with Gasteiger partial charge in [0.2, 0.25) is 5.91 Å². The number of nitrogen functional groups attached to an aromatic ring is 1. The highest BCUT2D eigenvalue weighted by Gasteiger charge is 2.06. The molecule has 1 aromatic carbocycles. The number of nitrogens with one attached hydrogen (secondary N) is 1. The van der Waals surface area contributed by atoms with E-state index < -0.39 is 5.82 Å². The van der Waals surface area contributed by atoms with Crippen molar-refractivity contribution in [3.8, 4) is 0 Å². The molecule has 0 spiro atoms. The first kappa shape index (κ1) is 15.4. The Balaban J connectivity index is 2.25. The quantitative estimate of drug-likeness (QED) is 0.563. The van der Waals surface area contributed by atoms with Gasteiger partial charge in [-0.3, -0.25) is 4.79 Å². The van der Waals surface area contributed by atoms with Gasteiger partial charge in [0.15, 0.2) is 0 Å². The van der Waals surface area contributed by atoms with Crippen molar-refractivity contribution in [3.63, 3.8) is 0 Å². The number of anilines is 2. The van der Waals surface area contributed by atoms with Crippen LogP contribution in [0.1, 0.15) is 32.6 Å². The van der Waals surface area contributed by atoms with Crippen LogP contribution in [0, 0.1) is 5.82 Å². The maximum atomic E-state index is 13.0. The third kappa shape index (κ3) is 6.20. The van der Waals surface area contributed by atoms with Crippen LogP contribution in [0.2, 0.25) is 0 Å². The first-order valence-electron chi connectivity index (χ1n) is 6.56. The van der Waals surface area contributed by atoms with Crippen LogP contribution in [0.4, 0.5) is 15.8 Å². The fraction of sp³-hybridized carbons (Fsp3) is 0.500. The van der Waals surface area contributed by atoms with Gasteiger partial charge in [0.05, 0.1) is 11.4 Å². The first-order valence-corrected chi connectivity index (χ1v) is 6.56. The maximum Gasteiger partial charge on any atom is 0.250 e. The Bertz CT molecular complexity index is 410. The zero-order chi connectivity index (χ0) is 14.1. The van der Waals surface area contributed by atoms with Crippen LogP contribution in [0.5, 0.6) is 0 Å². The third-order valence-electron chi connectivity index (χ3n) is 2.66. The molecule has 1 aromatic rings. The summed E-state index contributed by atoms with van der Waals surface area (Å²) >= 11 is 0. The average Bonchev–Trinajstić information content (AvgIpc) is 2.38. The first-order chi connectivity index (χ1) is 9.13. The molecule has 0 atom stereocenters. The summed E-state index contributed by atoms with van der Waals surface area (Å²) in [4.78, 5) is 11.6. The van der Waals surface area contributed by atoms with Crippen molar-refractivity contribution in [1.29, 1.82) is 0 Å². The molecule has 4 nitrogen and oxygen atoms in total. The molecule has 0 saturated heterocycles. The van der Waals surface area contributed by atoms with E-state index in [0.29, 0.717) is 12.3 Å².